The number of carbonyl (C=O) groups is 1. The van der Waals surface area contributed by atoms with Crippen molar-refractivity contribution in [1.29, 1.82) is 0 Å². The van der Waals surface area contributed by atoms with Crippen molar-refractivity contribution in [2.75, 3.05) is 20.6 Å². The van der Waals surface area contributed by atoms with Crippen LogP contribution in [-0.4, -0.2) is 58.3 Å². The summed E-state index contributed by atoms with van der Waals surface area (Å²) in [7, 11) is -0.543. The Labute approximate surface area is 215 Å². The quantitative estimate of drug-likeness (QED) is 0.310. The summed E-state index contributed by atoms with van der Waals surface area (Å²) in [4.78, 5) is 15.4. The maximum Gasteiger partial charge on any atom is 0.266 e. The Bertz CT molecular complexity index is 1380. The van der Waals surface area contributed by atoms with Crippen LogP contribution in [-0.2, 0) is 14.8 Å². The summed E-state index contributed by atoms with van der Waals surface area (Å²) in [6.45, 7) is 2.68. The molecule has 0 saturated carbocycles. The number of aromatic nitrogens is 2. The molecule has 4 rings (SSSR count). The number of sulfonamides is 1. The van der Waals surface area contributed by atoms with E-state index in [4.69, 9.17) is 17.3 Å². The molecule has 0 N–H and O–H groups in total. The highest BCUT2D eigenvalue weighted by Crippen LogP contribution is 2.35. The van der Waals surface area contributed by atoms with E-state index >= 15 is 0 Å². The number of amides is 1. The van der Waals surface area contributed by atoms with Gasteiger partial charge in [-0.3, -0.25) is 9.69 Å². The predicted octanol–water partition coefficient (Wildman–Crippen LogP) is 4.79. The van der Waals surface area contributed by atoms with Crippen LogP contribution in [0.15, 0.2) is 70.6 Å². The number of benzene rings is 2. The minimum Gasteiger partial charge on any atom is -0.293 e. The number of hydrogen-bond donors (Lipinski definition) is 0. The standard InChI is InChI=1S/C25H26N4O3S3/c1-4-5-15-28-24(30)22(34-25(28)33)16-19-17-29(20-9-7-6-8-10-20)26-23(19)18-11-13-21(14-12-18)35(31,32)27(2)3/h6-14,16-17H,4-5,15H2,1-3H3/b22-16-. The van der Waals surface area contributed by atoms with Gasteiger partial charge in [0.15, 0.2) is 0 Å². The van der Waals surface area contributed by atoms with E-state index in [0.717, 1.165) is 29.7 Å². The SMILES string of the molecule is CCCCN1C(=O)/C(=C/c2cn(-c3ccccc3)nc2-c2ccc(S(=O)(=O)N(C)C)cc2)SC1=S. The average molecular weight is 527 g/mol. The Morgan fingerprint density at radius 3 is 2.40 bits per heavy atom. The number of nitrogens with zero attached hydrogens (tertiary/aromatic N) is 4. The third-order valence-corrected chi connectivity index (χ3v) is 8.77. The van der Waals surface area contributed by atoms with E-state index in [1.807, 2.05) is 42.6 Å². The summed E-state index contributed by atoms with van der Waals surface area (Å²) < 4.78 is 28.4. The van der Waals surface area contributed by atoms with Crippen molar-refractivity contribution in [3.05, 3.63) is 71.3 Å². The molecular weight excluding hydrogens is 501 g/mol. The molecule has 1 fully saturated rings. The van der Waals surface area contributed by atoms with Crippen molar-refractivity contribution in [2.24, 2.45) is 0 Å². The topological polar surface area (TPSA) is 75.5 Å². The fourth-order valence-corrected chi connectivity index (χ4v) is 5.78. The highest BCUT2D eigenvalue weighted by Gasteiger charge is 2.32. The van der Waals surface area contributed by atoms with Crippen LogP contribution >= 0.6 is 24.0 Å². The molecule has 35 heavy (non-hydrogen) atoms. The fraction of sp³-hybridized carbons (Fsp3) is 0.240. The minimum atomic E-state index is -3.54. The van der Waals surface area contributed by atoms with Gasteiger partial charge < -0.3 is 0 Å². The Hall–Kier alpha value is -2.79. The first kappa shape index (κ1) is 25.3. The summed E-state index contributed by atoms with van der Waals surface area (Å²) in [6, 6.07) is 16.3. The lowest BCUT2D eigenvalue weighted by Gasteiger charge is -2.13. The molecule has 0 spiro atoms. The smallest absolute Gasteiger partial charge is 0.266 e. The minimum absolute atomic E-state index is 0.0979. The molecule has 0 bridgehead atoms. The van der Waals surface area contributed by atoms with E-state index in [-0.39, 0.29) is 10.8 Å². The van der Waals surface area contributed by atoms with E-state index in [2.05, 4.69) is 6.92 Å². The normalized spacial score (nSPS) is 15.5. The number of unbranched alkanes of at least 4 members (excludes halogenated alkanes) is 1. The van der Waals surface area contributed by atoms with Crippen molar-refractivity contribution < 1.29 is 13.2 Å². The number of thiocarbonyl (C=S) groups is 1. The number of hydrogen-bond acceptors (Lipinski definition) is 6. The van der Waals surface area contributed by atoms with Crippen LogP contribution in [0.5, 0.6) is 0 Å². The van der Waals surface area contributed by atoms with Crippen molar-refractivity contribution in [3.63, 3.8) is 0 Å². The second kappa shape index (κ2) is 10.4. The molecule has 3 aromatic rings. The first-order valence-electron chi connectivity index (χ1n) is 11.2. The van der Waals surface area contributed by atoms with Gasteiger partial charge in [0.05, 0.1) is 21.2 Å². The van der Waals surface area contributed by atoms with E-state index in [1.54, 1.807) is 33.8 Å². The van der Waals surface area contributed by atoms with E-state index in [9.17, 15) is 13.2 Å². The number of carbonyl (C=O) groups excluding carboxylic acids is 1. The van der Waals surface area contributed by atoms with Crippen LogP contribution in [0.1, 0.15) is 25.3 Å². The van der Waals surface area contributed by atoms with Gasteiger partial charge in [-0.15, -0.1) is 0 Å². The van der Waals surface area contributed by atoms with Crippen molar-refractivity contribution in [2.45, 2.75) is 24.7 Å². The molecule has 1 aromatic heterocycles. The first-order chi connectivity index (χ1) is 16.7. The van der Waals surface area contributed by atoms with Gasteiger partial charge >= 0.3 is 0 Å². The zero-order valence-corrected chi connectivity index (χ0v) is 22.2. The van der Waals surface area contributed by atoms with E-state index < -0.39 is 10.0 Å². The molecular formula is C25H26N4O3S3. The number of rotatable bonds is 8. The number of thioether (sulfide) groups is 1. The Balaban J connectivity index is 1.77. The molecule has 2 heterocycles. The molecule has 0 radical (unpaired) electrons. The van der Waals surface area contributed by atoms with Crippen LogP contribution < -0.4 is 0 Å². The highest BCUT2D eigenvalue weighted by molar-refractivity contribution is 8.26. The molecule has 1 aliphatic rings. The molecule has 1 aliphatic heterocycles. The van der Waals surface area contributed by atoms with Crippen LogP contribution in [0.25, 0.3) is 23.0 Å². The Kier molecular flexibility index (Phi) is 7.56. The highest BCUT2D eigenvalue weighted by atomic mass is 32.2. The molecule has 1 amide bonds. The second-order valence-corrected chi connectivity index (χ2v) is 12.0. The van der Waals surface area contributed by atoms with Crippen LogP contribution in [0.2, 0.25) is 0 Å². The van der Waals surface area contributed by atoms with Gasteiger partial charge in [0, 0.05) is 38.0 Å². The van der Waals surface area contributed by atoms with Gasteiger partial charge in [-0.25, -0.2) is 17.4 Å². The monoisotopic (exact) mass is 526 g/mol. The van der Waals surface area contributed by atoms with Gasteiger partial charge in [0.1, 0.15) is 4.32 Å². The maximum atomic E-state index is 13.0. The summed E-state index contributed by atoms with van der Waals surface area (Å²) in [6.07, 6.45) is 5.55. The molecule has 0 aliphatic carbocycles. The molecule has 7 nitrogen and oxygen atoms in total. The van der Waals surface area contributed by atoms with Gasteiger partial charge in [-0.05, 0) is 36.8 Å². The molecule has 182 valence electrons. The molecule has 0 unspecified atom stereocenters. The largest absolute Gasteiger partial charge is 0.293 e. The summed E-state index contributed by atoms with van der Waals surface area (Å²) in [5.41, 5.74) is 3.00. The third-order valence-electron chi connectivity index (χ3n) is 5.57. The van der Waals surface area contributed by atoms with Crippen LogP contribution in [0.4, 0.5) is 0 Å². The van der Waals surface area contributed by atoms with Gasteiger partial charge in [0.25, 0.3) is 5.91 Å². The lowest BCUT2D eigenvalue weighted by atomic mass is 10.1. The summed E-state index contributed by atoms with van der Waals surface area (Å²) in [5.74, 6) is -0.0979. The predicted molar refractivity (Wildman–Crippen MR) is 145 cm³/mol. The maximum absolute atomic E-state index is 13.0. The molecule has 10 heteroatoms. The lowest BCUT2D eigenvalue weighted by Crippen LogP contribution is -2.28. The second-order valence-electron chi connectivity index (χ2n) is 8.21. The third kappa shape index (κ3) is 5.25. The Morgan fingerprint density at radius 2 is 1.77 bits per heavy atom. The van der Waals surface area contributed by atoms with E-state index in [0.29, 0.717) is 21.5 Å². The molecule has 1 saturated heterocycles. The van der Waals surface area contributed by atoms with Gasteiger partial charge in [0.2, 0.25) is 10.0 Å². The molecule has 2 aromatic carbocycles. The van der Waals surface area contributed by atoms with Crippen LogP contribution in [0.3, 0.4) is 0 Å². The van der Waals surface area contributed by atoms with Crippen LogP contribution in [0, 0.1) is 0 Å². The summed E-state index contributed by atoms with van der Waals surface area (Å²) >= 11 is 6.74. The van der Waals surface area contributed by atoms with Gasteiger partial charge in [-0.1, -0.05) is 67.7 Å². The lowest BCUT2D eigenvalue weighted by molar-refractivity contribution is -0.122. The van der Waals surface area contributed by atoms with E-state index in [1.165, 1.54) is 30.2 Å². The van der Waals surface area contributed by atoms with Crippen molar-refractivity contribution >= 4 is 50.3 Å². The zero-order valence-electron chi connectivity index (χ0n) is 19.7. The van der Waals surface area contributed by atoms with Crippen molar-refractivity contribution in [1.82, 2.24) is 19.0 Å². The zero-order chi connectivity index (χ0) is 25.2. The Morgan fingerprint density at radius 1 is 1.09 bits per heavy atom. The fourth-order valence-electron chi connectivity index (χ4n) is 3.58. The summed E-state index contributed by atoms with van der Waals surface area (Å²) in [5, 5.41) is 4.78. The first-order valence-corrected chi connectivity index (χ1v) is 13.8. The van der Waals surface area contributed by atoms with Crippen molar-refractivity contribution in [3.8, 4) is 16.9 Å². The average Bonchev–Trinajstić information content (AvgIpc) is 3.39. The van der Waals surface area contributed by atoms with Gasteiger partial charge in [-0.2, -0.15) is 5.10 Å². The molecule has 0 atom stereocenters. The number of para-hydroxylation sites is 1.